The van der Waals surface area contributed by atoms with Gasteiger partial charge in [0, 0.05) is 11.6 Å². The number of carbonyl (C=O) groups is 3. The van der Waals surface area contributed by atoms with E-state index < -0.39 is 34.9 Å². The number of carbonyl (C=O) groups excluding carboxylic acids is 3. The third-order valence-electron chi connectivity index (χ3n) is 6.85. The Morgan fingerprint density at radius 3 is 2.47 bits per heavy atom. The number of nitrogens with zero attached hydrogens (tertiary/aromatic N) is 1. The average Bonchev–Trinajstić information content (AvgIpc) is 3.33. The number of hydrogen-bond acceptors (Lipinski definition) is 9. The van der Waals surface area contributed by atoms with Crippen LogP contribution >= 0.6 is 0 Å². The number of nitrogens with one attached hydrogen (secondary N) is 2. The van der Waals surface area contributed by atoms with Gasteiger partial charge in [0.1, 0.15) is 11.6 Å². The van der Waals surface area contributed by atoms with Gasteiger partial charge >= 0.3 is 5.97 Å². The molecule has 0 saturated heterocycles. The molecule has 3 saturated carbocycles. The van der Waals surface area contributed by atoms with Crippen molar-refractivity contribution in [3.05, 3.63) is 41.4 Å². The number of aliphatic hydroxyl groups excluding tert-OH is 1. The molecule has 2 aromatic rings. The molecular weight excluding hydrogens is 477 g/mol. The molecule has 1 aromatic carbocycles. The lowest BCUT2D eigenvalue weighted by atomic mass is 9.60. The van der Waals surface area contributed by atoms with Gasteiger partial charge in [-0.15, -0.1) is 0 Å². The van der Waals surface area contributed by atoms with E-state index in [1.165, 1.54) is 19.2 Å². The third kappa shape index (κ3) is 5.43. The van der Waals surface area contributed by atoms with Crippen LogP contribution < -0.4 is 20.1 Å². The summed E-state index contributed by atoms with van der Waals surface area (Å²) in [7, 11) is 1.19. The van der Waals surface area contributed by atoms with Gasteiger partial charge in [0.05, 0.1) is 24.8 Å². The summed E-state index contributed by atoms with van der Waals surface area (Å²) in [5.41, 5.74) is -0.951. The van der Waals surface area contributed by atoms with Crippen molar-refractivity contribution in [2.24, 2.45) is 0 Å². The average molecular weight is 505 g/mol. The van der Waals surface area contributed by atoms with Crippen molar-refractivity contribution in [1.29, 1.82) is 0 Å². The van der Waals surface area contributed by atoms with Gasteiger partial charge in [-0.25, -0.2) is 9.18 Å². The molecule has 0 radical (unpaired) electrons. The standard InChI is InChI=1S/C24H28FN3O8/c1-14-3-4-15(9-16(14)25)34-12-19(30)26-23-5-7-24(8-6-23,18(29)11-23)27-20(31)13-35-21-10-17(36-28-21)22(32)33-2/h3-4,9-10,18,29H,5-8,11-13H2,1-2H3,(H,26,30)(H,27,31)/t18-,23?,24?/m0/s1. The van der Waals surface area contributed by atoms with Gasteiger partial charge in [-0.3, -0.25) is 9.59 Å². The highest BCUT2D eigenvalue weighted by Crippen LogP contribution is 2.47. The number of aryl methyl sites for hydroxylation is 1. The van der Waals surface area contributed by atoms with E-state index >= 15 is 0 Å². The van der Waals surface area contributed by atoms with Crippen LogP contribution in [0.1, 0.15) is 48.2 Å². The molecule has 11 nitrogen and oxygen atoms in total. The van der Waals surface area contributed by atoms with E-state index in [-0.39, 0.29) is 42.9 Å². The Kier molecular flexibility index (Phi) is 7.16. The second-order valence-electron chi connectivity index (χ2n) is 9.26. The van der Waals surface area contributed by atoms with Crippen molar-refractivity contribution in [3.63, 3.8) is 0 Å². The van der Waals surface area contributed by atoms with Gasteiger partial charge in [-0.2, -0.15) is 0 Å². The summed E-state index contributed by atoms with van der Waals surface area (Å²) in [6.07, 6.45) is 1.42. The molecule has 36 heavy (non-hydrogen) atoms. The Morgan fingerprint density at radius 1 is 1.11 bits per heavy atom. The molecule has 12 heteroatoms. The first-order valence-corrected chi connectivity index (χ1v) is 11.5. The predicted molar refractivity (Wildman–Crippen MR) is 121 cm³/mol. The molecule has 1 atom stereocenters. The number of halogens is 1. The molecule has 0 unspecified atom stereocenters. The van der Waals surface area contributed by atoms with E-state index in [1.807, 2.05) is 0 Å². The Hall–Kier alpha value is -3.67. The van der Waals surface area contributed by atoms with E-state index in [9.17, 15) is 23.9 Å². The zero-order valence-corrected chi connectivity index (χ0v) is 20.0. The topological polar surface area (TPSA) is 149 Å². The van der Waals surface area contributed by atoms with Crippen LogP contribution in [0.5, 0.6) is 11.6 Å². The summed E-state index contributed by atoms with van der Waals surface area (Å²) in [5.74, 6) is -1.91. The molecule has 3 N–H and O–H groups in total. The van der Waals surface area contributed by atoms with Crippen LogP contribution in [-0.2, 0) is 14.3 Å². The molecule has 0 spiro atoms. The molecule has 1 heterocycles. The maximum absolute atomic E-state index is 13.7. The number of methoxy groups -OCH3 is 1. The maximum Gasteiger partial charge on any atom is 0.377 e. The van der Waals surface area contributed by atoms with Gasteiger partial charge in [0.15, 0.2) is 13.2 Å². The van der Waals surface area contributed by atoms with E-state index in [0.29, 0.717) is 31.2 Å². The van der Waals surface area contributed by atoms with Crippen molar-refractivity contribution in [2.75, 3.05) is 20.3 Å². The summed E-state index contributed by atoms with van der Waals surface area (Å²) in [6, 6.07) is 5.61. The summed E-state index contributed by atoms with van der Waals surface area (Å²) in [6.45, 7) is 0.969. The van der Waals surface area contributed by atoms with Crippen LogP contribution in [0.2, 0.25) is 0 Å². The molecule has 3 aliphatic rings. The van der Waals surface area contributed by atoms with Crippen molar-refractivity contribution < 1.29 is 42.6 Å². The summed E-state index contributed by atoms with van der Waals surface area (Å²) in [4.78, 5) is 36.4. The second kappa shape index (κ2) is 10.1. The first-order chi connectivity index (χ1) is 17.1. The zero-order chi connectivity index (χ0) is 25.9. The fourth-order valence-corrected chi connectivity index (χ4v) is 4.78. The van der Waals surface area contributed by atoms with Gasteiger partial charge in [-0.1, -0.05) is 6.07 Å². The number of aromatic nitrogens is 1. The quantitative estimate of drug-likeness (QED) is 0.430. The minimum Gasteiger partial charge on any atom is -0.484 e. The first-order valence-electron chi connectivity index (χ1n) is 11.5. The minimum absolute atomic E-state index is 0.0480. The fourth-order valence-electron chi connectivity index (χ4n) is 4.78. The van der Waals surface area contributed by atoms with E-state index in [1.54, 1.807) is 19.1 Å². The number of rotatable bonds is 9. The zero-order valence-electron chi connectivity index (χ0n) is 20.0. The highest BCUT2D eigenvalue weighted by Gasteiger charge is 2.55. The van der Waals surface area contributed by atoms with Crippen LogP contribution in [0.3, 0.4) is 0 Å². The SMILES string of the molecule is COC(=O)c1cc(OCC(=O)NC23CCC(NC(=O)COc4ccc(C)c(F)c4)(CC2)C[C@@H]3O)no1. The number of benzene rings is 1. The number of aliphatic hydroxyl groups is 1. The maximum atomic E-state index is 13.7. The summed E-state index contributed by atoms with van der Waals surface area (Å²) in [5, 5.41) is 20.2. The van der Waals surface area contributed by atoms with E-state index in [2.05, 4.69) is 20.5 Å². The smallest absolute Gasteiger partial charge is 0.377 e. The lowest BCUT2D eigenvalue weighted by Gasteiger charge is -2.56. The minimum atomic E-state index is -0.880. The second-order valence-corrected chi connectivity index (χ2v) is 9.26. The molecule has 2 bridgehead atoms. The van der Waals surface area contributed by atoms with Crippen LogP contribution in [0.25, 0.3) is 0 Å². The number of fused-ring (bicyclic) bond motifs is 3. The summed E-state index contributed by atoms with van der Waals surface area (Å²) >= 11 is 0. The highest BCUT2D eigenvalue weighted by molar-refractivity contribution is 5.86. The number of ether oxygens (including phenoxy) is 3. The molecular formula is C24H28FN3O8. The van der Waals surface area contributed by atoms with Crippen molar-refractivity contribution in [1.82, 2.24) is 15.8 Å². The highest BCUT2D eigenvalue weighted by atomic mass is 19.1. The first kappa shape index (κ1) is 25.4. The predicted octanol–water partition coefficient (Wildman–Crippen LogP) is 1.42. The molecule has 3 aliphatic carbocycles. The lowest BCUT2D eigenvalue weighted by Crippen LogP contribution is -2.70. The van der Waals surface area contributed by atoms with E-state index in [0.717, 1.165) is 0 Å². The van der Waals surface area contributed by atoms with Crippen molar-refractivity contribution in [3.8, 4) is 11.6 Å². The molecule has 1 aromatic heterocycles. The monoisotopic (exact) mass is 505 g/mol. The van der Waals surface area contributed by atoms with Gasteiger partial charge < -0.3 is 34.5 Å². The lowest BCUT2D eigenvalue weighted by molar-refractivity contribution is -0.137. The Labute approximate surface area is 206 Å². The van der Waals surface area contributed by atoms with E-state index in [4.69, 9.17) is 14.0 Å². The normalized spacial score (nSPS) is 24.6. The number of esters is 1. The molecule has 5 rings (SSSR count). The van der Waals surface area contributed by atoms with Crippen molar-refractivity contribution >= 4 is 17.8 Å². The Bertz CT molecular complexity index is 1140. The van der Waals surface area contributed by atoms with Crippen molar-refractivity contribution in [2.45, 2.75) is 56.2 Å². The molecule has 3 fully saturated rings. The summed E-state index contributed by atoms with van der Waals surface area (Å²) < 4.78 is 33.6. The Balaban J connectivity index is 1.26. The third-order valence-corrected chi connectivity index (χ3v) is 6.85. The largest absolute Gasteiger partial charge is 0.484 e. The number of hydrogen-bond donors (Lipinski definition) is 3. The van der Waals surface area contributed by atoms with Crippen LogP contribution in [0, 0.1) is 12.7 Å². The Morgan fingerprint density at radius 2 is 1.81 bits per heavy atom. The van der Waals surface area contributed by atoms with Gasteiger partial charge in [0.25, 0.3) is 17.7 Å². The molecule has 2 amide bonds. The van der Waals surface area contributed by atoms with Crippen LogP contribution in [-0.4, -0.2) is 65.6 Å². The fraction of sp³-hybridized carbons (Fsp3) is 0.500. The van der Waals surface area contributed by atoms with Gasteiger partial charge in [0.2, 0.25) is 5.76 Å². The van der Waals surface area contributed by atoms with Gasteiger partial charge in [-0.05, 0) is 55.8 Å². The molecule has 0 aliphatic heterocycles. The number of amides is 2. The molecule has 194 valence electrons. The van der Waals surface area contributed by atoms with Crippen LogP contribution in [0.15, 0.2) is 28.8 Å². The van der Waals surface area contributed by atoms with Crippen LogP contribution in [0.4, 0.5) is 4.39 Å².